The Labute approximate surface area is 149 Å². The largest absolute Gasteiger partial charge is 0.507 e. The highest BCUT2D eigenvalue weighted by molar-refractivity contribution is 14.1. The fourth-order valence-corrected chi connectivity index (χ4v) is 2.40. The third kappa shape index (κ3) is 5.40. The number of aromatic hydroxyl groups is 1. The molecule has 0 radical (unpaired) electrons. The number of carbonyl (C=O) groups is 1. The first-order chi connectivity index (χ1) is 10.5. The zero-order valence-corrected chi connectivity index (χ0v) is 14.2. The van der Waals surface area contributed by atoms with E-state index >= 15 is 0 Å². The van der Waals surface area contributed by atoms with Crippen molar-refractivity contribution in [1.82, 2.24) is 0 Å². The van der Waals surface area contributed by atoms with Crippen molar-refractivity contribution in [2.75, 3.05) is 7.11 Å². The average molecular weight is 430 g/mol. The minimum Gasteiger partial charge on any atom is -0.507 e. The number of ether oxygens (including phenoxy) is 2. The molecule has 1 unspecified atom stereocenters. The van der Waals surface area contributed by atoms with Crippen LogP contribution in [0.5, 0.6) is 17.2 Å². The monoisotopic (exact) mass is 430 g/mol. The van der Waals surface area contributed by atoms with Gasteiger partial charge in [-0.05, 0) is 58.5 Å². The van der Waals surface area contributed by atoms with Gasteiger partial charge in [0.15, 0.2) is 6.04 Å². The summed E-state index contributed by atoms with van der Waals surface area (Å²) in [4.78, 5) is 11.4. The quantitative estimate of drug-likeness (QED) is 0.565. The lowest BCUT2D eigenvalue weighted by atomic mass is 10.1. The van der Waals surface area contributed by atoms with Crippen LogP contribution in [0.4, 0.5) is 0 Å². The van der Waals surface area contributed by atoms with E-state index in [4.69, 9.17) is 4.74 Å². The summed E-state index contributed by atoms with van der Waals surface area (Å²) in [7, 11) is 1.36. The molecule has 0 aliphatic carbocycles. The van der Waals surface area contributed by atoms with Gasteiger partial charge in [0, 0.05) is 6.42 Å². The molecule has 6 heteroatoms. The minimum atomic E-state index is -0.421. The Bertz CT molecular complexity index is 658. The SMILES string of the molecule is C.COC(=O)C([NH3+])Cc1ccc(Oc2ccc(O)c(I)c2)cc1. The lowest BCUT2D eigenvalue weighted by Crippen LogP contribution is -2.66. The lowest BCUT2D eigenvalue weighted by Gasteiger charge is -2.09. The van der Waals surface area contributed by atoms with E-state index in [0.717, 1.165) is 9.13 Å². The van der Waals surface area contributed by atoms with E-state index < -0.39 is 6.04 Å². The molecule has 0 saturated carbocycles. The molecule has 4 N–H and O–H groups in total. The van der Waals surface area contributed by atoms with E-state index in [0.29, 0.717) is 17.9 Å². The number of methoxy groups -OCH3 is 1. The molecule has 23 heavy (non-hydrogen) atoms. The number of hydrogen-bond acceptors (Lipinski definition) is 4. The molecule has 0 aliphatic heterocycles. The second-order valence-electron chi connectivity index (χ2n) is 4.78. The van der Waals surface area contributed by atoms with Crippen molar-refractivity contribution >= 4 is 28.6 Å². The van der Waals surface area contributed by atoms with Crippen LogP contribution >= 0.6 is 22.6 Å². The summed E-state index contributed by atoms with van der Waals surface area (Å²) in [5.74, 6) is 1.25. The number of carbonyl (C=O) groups excluding carboxylic acids is 1. The highest BCUT2D eigenvalue weighted by Crippen LogP contribution is 2.28. The molecular weight excluding hydrogens is 409 g/mol. The number of quaternary nitrogens is 1. The molecule has 1 atom stereocenters. The van der Waals surface area contributed by atoms with Crippen molar-refractivity contribution in [3.8, 4) is 17.2 Å². The molecule has 124 valence electrons. The van der Waals surface area contributed by atoms with Crippen LogP contribution in [0.25, 0.3) is 0 Å². The van der Waals surface area contributed by atoms with Gasteiger partial charge in [0.05, 0.1) is 10.7 Å². The number of phenols is 1. The molecule has 0 aliphatic rings. The van der Waals surface area contributed by atoms with Gasteiger partial charge in [0.1, 0.15) is 17.2 Å². The summed E-state index contributed by atoms with van der Waals surface area (Å²) < 4.78 is 11.1. The van der Waals surface area contributed by atoms with Crippen LogP contribution in [0.3, 0.4) is 0 Å². The van der Waals surface area contributed by atoms with Crippen LogP contribution in [0.2, 0.25) is 0 Å². The Balaban J connectivity index is 0.00000264. The first-order valence-corrected chi connectivity index (χ1v) is 7.73. The van der Waals surface area contributed by atoms with E-state index in [1.165, 1.54) is 7.11 Å². The molecule has 5 nitrogen and oxygen atoms in total. The number of halogens is 1. The maximum atomic E-state index is 11.4. The van der Waals surface area contributed by atoms with Crippen molar-refractivity contribution in [1.29, 1.82) is 0 Å². The van der Waals surface area contributed by atoms with Gasteiger partial charge in [-0.1, -0.05) is 19.6 Å². The van der Waals surface area contributed by atoms with Gasteiger partial charge >= 0.3 is 5.97 Å². The van der Waals surface area contributed by atoms with Crippen molar-refractivity contribution in [2.24, 2.45) is 0 Å². The van der Waals surface area contributed by atoms with E-state index in [1.54, 1.807) is 18.2 Å². The molecule has 0 amide bonds. The van der Waals surface area contributed by atoms with Crippen LogP contribution in [-0.2, 0) is 16.0 Å². The van der Waals surface area contributed by atoms with Crippen LogP contribution < -0.4 is 10.5 Å². The van der Waals surface area contributed by atoms with Crippen LogP contribution in [0, 0.1) is 3.57 Å². The highest BCUT2D eigenvalue weighted by atomic mass is 127. The number of rotatable bonds is 5. The summed E-state index contributed by atoms with van der Waals surface area (Å²) in [6.45, 7) is 0. The van der Waals surface area contributed by atoms with Crippen molar-refractivity contribution in [3.05, 3.63) is 51.6 Å². The van der Waals surface area contributed by atoms with Gasteiger partial charge in [-0.15, -0.1) is 0 Å². The predicted molar refractivity (Wildman–Crippen MR) is 96.5 cm³/mol. The van der Waals surface area contributed by atoms with Gasteiger partial charge in [-0.3, -0.25) is 0 Å². The van der Waals surface area contributed by atoms with Crippen molar-refractivity contribution in [3.63, 3.8) is 0 Å². The number of phenolic OH excluding ortho intramolecular Hbond substituents is 1. The average Bonchev–Trinajstić information content (AvgIpc) is 2.52. The molecule has 2 rings (SSSR count). The molecule has 0 bridgehead atoms. The van der Waals surface area contributed by atoms with Gasteiger partial charge in [-0.2, -0.15) is 0 Å². The standard InChI is InChI=1S/C16H16INO4.CH4/c1-21-16(20)14(18)8-10-2-4-11(5-3-10)22-12-6-7-15(19)13(17)9-12;/h2-7,9,14,19H,8,18H2,1H3;1H4/p+1. The molecule has 0 spiro atoms. The summed E-state index contributed by atoms with van der Waals surface area (Å²) in [5, 5.41) is 9.49. The topological polar surface area (TPSA) is 83.4 Å². The predicted octanol–water partition coefficient (Wildman–Crippen LogP) is 2.75. The zero-order chi connectivity index (χ0) is 16.1. The Hall–Kier alpha value is -1.80. The third-order valence-corrected chi connectivity index (χ3v) is 3.96. The maximum Gasteiger partial charge on any atom is 0.364 e. The lowest BCUT2D eigenvalue weighted by molar-refractivity contribution is -0.407. The van der Waals surface area contributed by atoms with Crippen LogP contribution in [0.1, 0.15) is 13.0 Å². The fraction of sp³-hybridized carbons (Fsp3) is 0.235. The number of benzene rings is 2. The minimum absolute atomic E-state index is 0. The Morgan fingerprint density at radius 1 is 1.22 bits per heavy atom. The molecule has 0 fully saturated rings. The summed E-state index contributed by atoms with van der Waals surface area (Å²) in [6.07, 6.45) is 0.518. The van der Waals surface area contributed by atoms with E-state index in [-0.39, 0.29) is 19.1 Å². The Morgan fingerprint density at radius 3 is 2.39 bits per heavy atom. The van der Waals surface area contributed by atoms with Crippen molar-refractivity contribution in [2.45, 2.75) is 19.9 Å². The molecule has 0 saturated heterocycles. The third-order valence-electron chi connectivity index (χ3n) is 3.09. The molecule has 0 aromatic heterocycles. The first-order valence-electron chi connectivity index (χ1n) is 6.66. The smallest absolute Gasteiger partial charge is 0.364 e. The Morgan fingerprint density at radius 2 is 1.83 bits per heavy atom. The van der Waals surface area contributed by atoms with Gasteiger partial charge in [0.25, 0.3) is 0 Å². The van der Waals surface area contributed by atoms with Gasteiger partial charge < -0.3 is 20.3 Å². The summed E-state index contributed by atoms with van der Waals surface area (Å²) in [5.41, 5.74) is 4.77. The van der Waals surface area contributed by atoms with E-state index in [1.807, 2.05) is 46.9 Å². The van der Waals surface area contributed by atoms with Gasteiger partial charge in [0.2, 0.25) is 0 Å². The highest BCUT2D eigenvalue weighted by Gasteiger charge is 2.17. The molecule has 2 aromatic rings. The normalized spacial score (nSPS) is 11.3. The summed E-state index contributed by atoms with van der Waals surface area (Å²) in [6, 6.07) is 12.1. The molecule has 2 aromatic carbocycles. The summed E-state index contributed by atoms with van der Waals surface area (Å²) >= 11 is 2.04. The van der Waals surface area contributed by atoms with E-state index in [2.05, 4.69) is 10.5 Å². The second kappa shape index (κ2) is 8.73. The van der Waals surface area contributed by atoms with Crippen LogP contribution in [0.15, 0.2) is 42.5 Å². The zero-order valence-electron chi connectivity index (χ0n) is 12.1. The van der Waals surface area contributed by atoms with E-state index in [9.17, 15) is 9.90 Å². The number of hydrogen-bond donors (Lipinski definition) is 2. The number of esters is 1. The first kappa shape index (κ1) is 19.2. The molecular formula is C17H21INO4+. The fourth-order valence-electron chi connectivity index (χ4n) is 1.92. The molecule has 0 heterocycles. The van der Waals surface area contributed by atoms with Crippen LogP contribution in [-0.4, -0.2) is 24.2 Å². The second-order valence-corrected chi connectivity index (χ2v) is 5.95. The van der Waals surface area contributed by atoms with Gasteiger partial charge in [-0.25, -0.2) is 4.79 Å². The Kier molecular flexibility index (Phi) is 7.31. The van der Waals surface area contributed by atoms with Crippen molar-refractivity contribution < 1.29 is 25.1 Å². The maximum absolute atomic E-state index is 11.4.